The first-order valence-electron chi connectivity index (χ1n) is 32.2. The summed E-state index contributed by atoms with van der Waals surface area (Å²) in [5, 5.41) is 87.4. The molecule has 0 saturated carbocycles. The molecule has 2 saturated heterocycles. The molecule has 2 heterocycles. The smallest absolute Gasteiger partial charge is 0.220 e. The number of amides is 1. The number of allylic oxidation sites excluding steroid dienone is 6. The van der Waals surface area contributed by atoms with Crippen molar-refractivity contribution in [3.8, 4) is 0 Å². The molecule has 1 amide bonds. The molecule has 12 unspecified atom stereocenters. The van der Waals surface area contributed by atoms with Gasteiger partial charge in [-0.1, -0.05) is 249 Å². The molecule has 2 aliphatic rings. The summed E-state index contributed by atoms with van der Waals surface area (Å²) in [6.07, 6.45) is 44.3. The van der Waals surface area contributed by atoms with Crippen LogP contribution in [0.25, 0.3) is 0 Å². The standard InChI is InChI=1S/C64H119NO13/c1-3-5-7-9-11-13-15-17-19-21-22-23-24-25-26-27-28-29-30-32-34-36-38-40-42-44-46-48-56(69)65-52(53(68)47-45-43-41-39-37-35-33-31-20-18-16-14-12-10-8-6-4-2)51-75-63-61(74)59(72)62(55(50-67)77-63)78-64-60(73)58(71)57(70)54(49-66)76-64/h15,17,21-22,24-25,52-55,57-64,66-68,70-74H,3-14,16,18-20,23,26-51H2,1-2H3,(H,65,69)/b17-15-,22-21-,25-24-. The predicted octanol–water partition coefficient (Wildman–Crippen LogP) is 11.8. The maximum Gasteiger partial charge on any atom is 0.220 e. The first kappa shape index (κ1) is 72.3. The van der Waals surface area contributed by atoms with Crippen molar-refractivity contribution in [3.63, 3.8) is 0 Å². The van der Waals surface area contributed by atoms with E-state index < -0.39 is 86.8 Å². The lowest BCUT2D eigenvalue weighted by Crippen LogP contribution is -2.65. The largest absolute Gasteiger partial charge is 0.394 e. The number of aliphatic hydroxyl groups excluding tert-OH is 8. The van der Waals surface area contributed by atoms with Crippen LogP contribution >= 0.6 is 0 Å². The van der Waals surface area contributed by atoms with Crippen LogP contribution in [0.15, 0.2) is 36.5 Å². The fourth-order valence-electron chi connectivity index (χ4n) is 10.7. The van der Waals surface area contributed by atoms with E-state index in [4.69, 9.17) is 18.9 Å². The van der Waals surface area contributed by atoms with Crippen LogP contribution in [0.4, 0.5) is 0 Å². The summed E-state index contributed by atoms with van der Waals surface area (Å²) >= 11 is 0. The lowest BCUT2D eigenvalue weighted by molar-refractivity contribution is -0.359. The number of carbonyl (C=O) groups is 1. The molecule has 12 atom stereocenters. The number of hydrogen-bond acceptors (Lipinski definition) is 13. The Morgan fingerprint density at radius 2 is 0.846 bits per heavy atom. The Kier molecular flexibility index (Phi) is 46.2. The molecule has 0 aliphatic carbocycles. The van der Waals surface area contributed by atoms with E-state index in [1.807, 2.05) is 0 Å². The Hall–Kier alpha value is -1.79. The summed E-state index contributed by atoms with van der Waals surface area (Å²) in [5.41, 5.74) is 0. The second-order valence-electron chi connectivity index (χ2n) is 22.9. The molecule has 458 valence electrons. The highest BCUT2D eigenvalue weighted by Crippen LogP contribution is 2.30. The third-order valence-electron chi connectivity index (χ3n) is 15.9. The minimum atomic E-state index is -1.78. The second kappa shape index (κ2) is 49.8. The first-order valence-corrected chi connectivity index (χ1v) is 32.2. The number of rotatable bonds is 52. The van der Waals surface area contributed by atoms with E-state index >= 15 is 0 Å². The van der Waals surface area contributed by atoms with Gasteiger partial charge in [-0.05, 0) is 51.4 Å². The quantitative estimate of drug-likeness (QED) is 0.0204. The summed E-state index contributed by atoms with van der Waals surface area (Å²) in [7, 11) is 0. The van der Waals surface area contributed by atoms with Crippen LogP contribution in [0.5, 0.6) is 0 Å². The molecule has 14 heteroatoms. The van der Waals surface area contributed by atoms with Crippen molar-refractivity contribution in [3.05, 3.63) is 36.5 Å². The van der Waals surface area contributed by atoms with E-state index in [0.29, 0.717) is 12.8 Å². The van der Waals surface area contributed by atoms with Crippen molar-refractivity contribution in [2.45, 2.75) is 344 Å². The van der Waals surface area contributed by atoms with E-state index in [-0.39, 0.29) is 12.5 Å². The van der Waals surface area contributed by atoms with Crippen LogP contribution in [-0.2, 0) is 23.7 Å². The van der Waals surface area contributed by atoms with E-state index in [0.717, 1.165) is 64.2 Å². The Morgan fingerprint density at radius 3 is 1.29 bits per heavy atom. The summed E-state index contributed by atoms with van der Waals surface area (Å²) in [4.78, 5) is 13.3. The summed E-state index contributed by atoms with van der Waals surface area (Å²) in [6, 6.07) is -0.830. The van der Waals surface area contributed by atoms with Gasteiger partial charge in [0, 0.05) is 6.42 Å². The molecule has 2 aliphatic heterocycles. The normalized spacial score (nSPS) is 24.7. The van der Waals surface area contributed by atoms with Crippen molar-refractivity contribution in [2.75, 3.05) is 19.8 Å². The van der Waals surface area contributed by atoms with E-state index in [2.05, 4.69) is 55.6 Å². The van der Waals surface area contributed by atoms with Crippen LogP contribution in [0.1, 0.15) is 271 Å². The Balaban J connectivity index is 1.70. The maximum absolute atomic E-state index is 13.3. The Bertz CT molecular complexity index is 1450. The average molecular weight is 1110 g/mol. The highest BCUT2D eigenvalue weighted by atomic mass is 16.7. The molecular formula is C64H119NO13. The van der Waals surface area contributed by atoms with Gasteiger partial charge < -0.3 is 65.1 Å². The third-order valence-corrected chi connectivity index (χ3v) is 15.9. The molecule has 0 aromatic rings. The Labute approximate surface area is 474 Å². The number of ether oxygens (including phenoxy) is 4. The van der Waals surface area contributed by atoms with Crippen molar-refractivity contribution in [1.82, 2.24) is 5.32 Å². The average Bonchev–Trinajstić information content (AvgIpc) is 3.44. The number of aliphatic hydroxyl groups is 8. The van der Waals surface area contributed by atoms with Gasteiger partial charge in [-0.25, -0.2) is 0 Å². The fraction of sp³-hybridized carbons (Fsp3) is 0.891. The molecule has 0 radical (unpaired) electrons. The molecule has 2 fully saturated rings. The number of carbonyl (C=O) groups excluding carboxylic acids is 1. The third kappa shape index (κ3) is 34.6. The number of hydrogen-bond donors (Lipinski definition) is 9. The van der Waals surface area contributed by atoms with Gasteiger partial charge in [-0.3, -0.25) is 4.79 Å². The molecule has 14 nitrogen and oxygen atoms in total. The first-order chi connectivity index (χ1) is 38.1. The number of unbranched alkanes of at least 4 members (excludes halogenated alkanes) is 33. The SMILES string of the molecule is CCCCCCC/C=C\C/C=C\C/C=C\CCCCCCCCCCCCCCC(=O)NC(COC1OC(CO)C(OC2OC(CO)C(O)C(O)C2O)C(O)C1O)C(O)CCCCCCCCCCCCCCCCCCC. The second-order valence-corrected chi connectivity index (χ2v) is 22.9. The van der Waals surface area contributed by atoms with E-state index in [1.165, 1.54) is 180 Å². The predicted molar refractivity (Wildman–Crippen MR) is 314 cm³/mol. The van der Waals surface area contributed by atoms with Gasteiger partial charge in [-0.15, -0.1) is 0 Å². The lowest BCUT2D eigenvalue weighted by atomic mass is 9.97. The van der Waals surface area contributed by atoms with Gasteiger partial charge in [0.05, 0.1) is 32.0 Å². The van der Waals surface area contributed by atoms with Gasteiger partial charge in [0.1, 0.15) is 48.8 Å². The van der Waals surface area contributed by atoms with Gasteiger partial charge in [0.15, 0.2) is 12.6 Å². The van der Waals surface area contributed by atoms with Crippen LogP contribution in [-0.4, -0.2) is 140 Å². The maximum atomic E-state index is 13.3. The summed E-state index contributed by atoms with van der Waals surface area (Å²) in [6.45, 7) is 2.87. The fourth-order valence-corrected chi connectivity index (χ4v) is 10.7. The van der Waals surface area contributed by atoms with Crippen LogP contribution < -0.4 is 5.32 Å². The monoisotopic (exact) mass is 1110 g/mol. The van der Waals surface area contributed by atoms with Gasteiger partial charge in [0.25, 0.3) is 0 Å². The molecule has 0 spiro atoms. The highest BCUT2D eigenvalue weighted by Gasteiger charge is 2.51. The van der Waals surface area contributed by atoms with Crippen molar-refractivity contribution < 1.29 is 64.6 Å². The highest BCUT2D eigenvalue weighted by molar-refractivity contribution is 5.76. The molecule has 78 heavy (non-hydrogen) atoms. The molecule has 0 bridgehead atoms. The van der Waals surface area contributed by atoms with Gasteiger partial charge >= 0.3 is 0 Å². The van der Waals surface area contributed by atoms with Crippen molar-refractivity contribution in [1.29, 1.82) is 0 Å². The van der Waals surface area contributed by atoms with Crippen molar-refractivity contribution in [2.24, 2.45) is 0 Å². The van der Waals surface area contributed by atoms with Gasteiger partial charge in [0.2, 0.25) is 5.91 Å². The minimum absolute atomic E-state index is 0.206. The van der Waals surface area contributed by atoms with Crippen LogP contribution in [0.3, 0.4) is 0 Å². The zero-order valence-electron chi connectivity index (χ0n) is 49.4. The summed E-state index contributed by atoms with van der Waals surface area (Å²) < 4.78 is 22.9. The minimum Gasteiger partial charge on any atom is -0.394 e. The molecule has 2 rings (SSSR count). The molecule has 9 N–H and O–H groups in total. The molecular weight excluding hydrogens is 991 g/mol. The molecule has 0 aromatic carbocycles. The Morgan fingerprint density at radius 1 is 0.462 bits per heavy atom. The van der Waals surface area contributed by atoms with Gasteiger partial charge in [-0.2, -0.15) is 0 Å². The summed E-state index contributed by atoms with van der Waals surface area (Å²) in [5.74, 6) is -0.206. The lowest BCUT2D eigenvalue weighted by Gasteiger charge is -2.46. The number of nitrogens with one attached hydrogen (secondary N) is 1. The van der Waals surface area contributed by atoms with E-state index in [9.17, 15) is 45.6 Å². The zero-order chi connectivity index (χ0) is 56.7. The molecule has 0 aromatic heterocycles. The van der Waals surface area contributed by atoms with Crippen LogP contribution in [0, 0.1) is 0 Å². The van der Waals surface area contributed by atoms with Crippen LogP contribution in [0.2, 0.25) is 0 Å². The topological polar surface area (TPSA) is 228 Å². The van der Waals surface area contributed by atoms with Crippen molar-refractivity contribution >= 4 is 5.91 Å². The van der Waals surface area contributed by atoms with E-state index in [1.54, 1.807) is 0 Å². The zero-order valence-corrected chi connectivity index (χ0v) is 49.4.